The molecule has 0 spiro atoms. The number of nitrogens with zero attached hydrogens (tertiary/aromatic N) is 1. The molecule has 154 valence electrons. The minimum absolute atomic E-state index is 0.0648. The maximum Gasteiger partial charge on any atom is 0.224 e. The fourth-order valence-electron chi connectivity index (χ4n) is 3.93. The number of ether oxygens (including phenoxy) is 2. The van der Waals surface area contributed by atoms with Crippen molar-refractivity contribution in [3.8, 4) is 11.5 Å². The summed E-state index contributed by atoms with van der Waals surface area (Å²) in [5, 5.41) is 6.23. The standard InChI is InChI=1S/C21H31N3O4/c1-27-18-11-15-7-10-24(14-17(15)12-19(18)28-2)20(25)6-4-9-23-21(26)16-5-3-8-22-13-16/h11-12,16,22H,3-10,13-14H2,1-2H3,(H,23,26). The lowest BCUT2D eigenvalue weighted by molar-refractivity contribution is -0.132. The van der Waals surface area contributed by atoms with Gasteiger partial charge >= 0.3 is 0 Å². The van der Waals surface area contributed by atoms with Crippen molar-refractivity contribution in [1.82, 2.24) is 15.5 Å². The van der Waals surface area contributed by atoms with Gasteiger partial charge in [-0.2, -0.15) is 0 Å². The number of benzene rings is 1. The molecule has 0 aliphatic carbocycles. The molecule has 2 heterocycles. The normalized spacial score (nSPS) is 18.9. The van der Waals surface area contributed by atoms with Gasteiger partial charge in [-0.1, -0.05) is 0 Å². The van der Waals surface area contributed by atoms with Crippen molar-refractivity contribution >= 4 is 11.8 Å². The number of amides is 2. The van der Waals surface area contributed by atoms with Crippen LogP contribution in [-0.4, -0.2) is 57.1 Å². The van der Waals surface area contributed by atoms with Crippen molar-refractivity contribution in [1.29, 1.82) is 0 Å². The van der Waals surface area contributed by atoms with Crippen LogP contribution in [-0.2, 0) is 22.6 Å². The summed E-state index contributed by atoms with van der Waals surface area (Å²) in [7, 11) is 3.25. The highest BCUT2D eigenvalue weighted by atomic mass is 16.5. The van der Waals surface area contributed by atoms with Gasteiger partial charge in [0.05, 0.1) is 20.1 Å². The van der Waals surface area contributed by atoms with E-state index in [-0.39, 0.29) is 17.7 Å². The average Bonchev–Trinajstić information content (AvgIpc) is 2.75. The molecule has 2 aliphatic rings. The zero-order valence-electron chi connectivity index (χ0n) is 16.9. The fourth-order valence-corrected chi connectivity index (χ4v) is 3.93. The Kier molecular flexibility index (Phi) is 7.14. The summed E-state index contributed by atoms with van der Waals surface area (Å²) in [6.45, 7) is 3.61. The Bertz CT molecular complexity index is 701. The molecule has 7 heteroatoms. The van der Waals surface area contributed by atoms with E-state index < -0.39 is 0 Å². The maximum absolute atomic E-state index is 12.6. The molecular formula is C21H31N3O4. The Balaban J connectivity index is 1.45. The number of carbonyl (C=O) groups excluding carboxylic acids is 2. The SMILES string of the molecule is COc1cc2c(cc1OC)CN(C(=O)CCCNC(=O)C1CCCNC1)CC2. The van der Waals surface area contributed by atoms with Crippen molar-refractivity contribution in [2.75, 3.05) is 40.4 Å². The van der Waals surface area contributed by atoms with E-state index in [1.54, 1.807) is 14.2 Å². The number of rotatable bonds is 7. The molecule has 1 atom stereocenters. The first-order chi connectivity index (χ1) is 13.6. The van der Waals surface area contributed by atoms with E-state index in [0.717, 1.165) is 43.7 Å². The van der Waals surface area contributed by atoms with Crippen molar-refractivity contribution in [3.63, 3.8) is 0 Å². The second kappa shape index (κ2) is 9.78. The van der Waals surface area contributed by atoms with E-state index in [2.05, 4.69) is 10.6 Å². The highest BCUT2D eigenvalue weighted by molar-refractivity contribution is 5.79. The summed E-state index contributed by atoms with van der Waals surface area (Å²) in [5.41, 5.74) is 2.31. The Labute approximate surface area is 166 Å². The first-order valence-electron chi connectivity index (χ1n) is 10.1. The summed E-state index contributed by atoms with van der Waals surface area (Å²) < 4.78 is 10.7. The topological polar surface area (TPSA) is 79.9 Å². The summed E-state index contributed by atoms with van der Waals surface area (Å²) >= 11 is 0. The van der Waals surface area contributed by atoms with Gasteiger partial charge in [0.15, 0.2) is 11.5 Å². The number of hydrogen-bond acceptors (Lipinski definition) is 5. The fraction of sp³-hybridized carbons (Fsp3) is 0.619. The van der Waals surface area contributed by atoms with Gasteiger partial charge in [-0.25, -0.2) is 0 Å². The first-order valence-corrected chi connectivity index (χ1v) is 10.1. The minimum atomic E-state index is 0.0648. The molecule has 2 aliphatic heterocycles. The number of carbonyl (C=O) groups is 2. The van der Waals surface area contributed by atoms with Crippen molar-refractivity contribution in [3.05, 3.63) is 23.3 Å². The molecule has 0 saturated carbocycles. The van der Waals surface area contributed by atoms with Gasteiger partial charge in [0.25, 0.3) is 0 Å². The van der Waals surface area contributed by atoms with Crippen molar-refractivity contribution in [2.24, 2.45) is 5.92 Å². The molecule has 28 heavy (non-hydrogen) atoms. The summed E-state index contributed by atoms with van der Waals surface area (Å²) in [4.78, 5) is 26.6. The molecule has 7 nitrogen and oxygen atoms in total. The summed E-state index contributed by atoms with van der Waals surface area (Å²) in [5.74, 6) is 1.72. The maximum atomic E-state index is 12.6. The molecule has 0 bridgehead atoms. The first kappa shape index (κ1) is 20.5. The number of piperidine rings is 1. The van der Waals surface area contributed by atoms with E-state index in [0.29, 0.717) is 38.2 Å². The molecule has 3 rings (SSSR count). The third-order valence-corrected chi connectivity index (χ3v) is 5.61. The molecule has 2 N–H and O–H groups in total. The Hall–Kier alpha value is -2.28. The molecule has 1 fully saturated rings. The minimum Gasteiger partial charge on any atom is -0.493 e. The van der Waals surface area contributed by atoms with Gasteiger partial charge in [-0.3, -0.25) is 9.59 Å². The molecule has 0 radical (unpaired) electrons. The number of fused-ring (bicyclic) bond motifs is 1. The predicted molar refractivity (Wildman–Crippen MR) is 107 cm³/mol. The van der Waals surface area contributed by atoms with Gasteiger partial charge in [-0.05, 0) is 55.5 Å². The van der Waals surface area contributed by atoms with Crippen molar-refractivity contribution in [2.45, 2.75) is 38.6 Å². The van der Waals surface area contributed by atoms with Crippen LogP contribution in [0, 0.1) is 5.92 Å². The third-order valence-electron chi connectivity index (χ3n) is 5.61. The summed E-state index contributed by atoms with van der Waals surface area (Å²) in [6.07, 6.45) is 3.92. The predicted octanol–water partition coefficient (Wildman–Crippen LogP) is 1.48. The lowest BCUT2D eigenvalue weighted by Gasteiger charge is -2.30. The van der Waals surface area contributed by atoms with Crippen LogP contribution >= 0.6 is 0 Å². The van der Waals surface area contributed by atoms with Crippen LogP contribution in [0.3, 0.4) is 0 Å². The van der Waals surface area contributed by atoms with Gasteiger partial charge in [0, 0.05) is 32.6 Å². The Morgan fingerprint density at radius 2 is 1.96 bits per heavy atom. The Morgan fingerprint density at radius 3 is 2.64 bits per heavy atom. The third kappa shape index (κ3) is 4.95. The van der Waals surface area contributed by atoms with E-state index in [1.165, 1.54) is 5.56 Å². The van der Waals surface area contributed by atoms with Crippen LogP contribution in [0.1, 0.15) is 36.8 Å². The lowest BCUT2D eigenvalue weighted by atomic mass is 9.98. The second-order valence-electron chi connectivity index (χ2n) is 7.48. The summed E-state index contributed by atoms with van der Waals surface area (Å²) in [6, 6.07) is 3.97. The van der Waals surface area contributed by atoms with E-state index in [4.69, 9.17) is 9.47 Å². The highest BCUT2D eigenvalue weighted by Gasteiger charge is 2.23. The lowest BCUT2D eigenvalue weighted by Crippen LogP contribution is -2.41. The molecule has 1 aromatic carbocycles. The molecule has 0 aromatic heterocycles. The van der Waals surface area contributed by atoms with E-state index >= 15 is 0 Å². The Morgan fingerprint density at radius 1 is 1.21 bits per heavy atom. The number of methoxy groups -OCH3 is 2. The molecule has 2 amide bonds. The van der Waals surface area contributed by atoms with Crippen molar-refractivity contribution < 1.29 is 19.1 Å². The van der Waals surface area contributed by atoms with Crippen LogP contribution in [0.2, 0.25) is 0 Å². The zero-order valence-corrected chi connectivity index (χ0v) is 16.9. The second-order valence-corrected chi connectivity index (χ2v) is 7.48. The van der Waals surface area contributed by atoms with Gasteiger partial charge < -0.3 is 25.0 Å². The molecular weight excluding hydrogens is 358 g/mol. The van der Waals surface area contributed by atoms with E-state index in [1.807, 2.05) is 17.0 Å². The quantitative estimate of drug-likeness (QED) is 0.691. The smallest absolute Gasteiger partial charge is 0.224 e. The number of hydrogen-bond donors (Lipinski definition) is 2. The van der Waals surface area contributed by atoms with Crippen LogP contribution in [0.5, 0.6) is 11.5 Å². The van der Waals surface area contributed by atoms with E-state index in [9.17, 15) is 9.59 Å². The molecule has 1 aromatic rings. The van der Waals surface area contributed by atoms with Gasteiger partial charge in [0.2, 0.25) is 11.8 Å². The molecule has 1 unspecified atom stereocenters. The van der Waals surface area contributed by atoms with Crippen LogP contribution in [0.4, 0.5) is 0 Å². The van der Waals surface area contributed by atoms with Crippen LogP contribution in [0.15, 0.2) is 12.1 Å². The number of nitrogens with one attached hydrogen (secondary N) is 2. The van der Waals surface area contributed by atoms with Gasteiger partial charge in [0.1, 0.15) is 0 Å². The molecule has 1 saturated heterocycles. The monoisotopic (exact) mass is 389 g/mol. The average molecular weight is 389 g/mol. The highest BCUT2D eigenvalue weighted by Crippen LogP contribution is 2.33. The largest absolute Gasteiger partial charge is 0.493 e. The zero-order chi connectivity index (χ0) is 19.9. The van der Waals surface area contributed by atoms with Crippen LogP contribution in [0.25, 0.3) is 0 Å². The van der Waals surface area contributed by atoms with Gasteiger partial charge in [-0.15, -0.1) is 0 Å². The van der Waals surface area contributed by atoms with Crippen LogP contribution < -0.4 is 20.1 Å².